The average Bonchev–Trinajstić information content (AvgIpc) is 2.84. The Bertz CT molecular complexity index is 814. The van der Waals surface area contributed by atoms with Gasteiger partial charge in [-0.1, -0.05) is 35.3 Å². The SMILES string of the molecule is Nc1cn(-c2ccccc2F)nc1-c1cc(Cl)ccc1Cl. The molecule has 0 amide bonds. The van der Waals surface area contributed by atoms with Crippen molar-refractivity contribution >= 4 is 28.9 Å². The van der Waals surface area contributed by atoms with Crippen molar-refractivity contribution in [2.24, 2.45) is 0 Å². The van der Waals surface area contributed by atoms with E-state index in [0.717, 1.165) is 0 Å². The highest BCUT2D eigenvalue weighted by molar-refractivity contribution is 6.35. The first-order valence-electron chi connectivity index (χ1n) is 6.12. The molecule has 0 aliphatic heterocycles. The quantitative estimate of drug-likeness (QED) is 0.751. The number of anilines is 1. The number of hydrogen-bond acceptors (Lipinski definition) is 2. The molecular formula is C15H10Cl2FN3. The van der Waals surface area contributed by atoms with Crippen molar-refractivity contribution in [2.45, 2.75) is 0 Å². The Hall–Kier alpha value is -2.04. The average molecular weight is 322 g/mol. The maximum atomic E-state index is 13.8. The van der Waals surface area contributed by atoms with Gasteiger partial charge in [-0.05, 0) is 30.3 Å². The largest absolute Gasteiger partial charge is 0.396 e. The van der Waals surface area contributed by atoms with E-state index in [1.807, 2.05) is 0 Å². The maximum absolute atomic E-state index is 13.8. The van der Waals surface area contributed by atoms with Gasteiger partial charge in [0.1, 0.15) is 17.2 Å². The zero-order valence-corrected chi connectivity index (χ0v) is 12.2. The van der Waals surface area contributed by atoms with E-state index in [1.165, 1.54) is 10.7 Å². The number of aromatic nitrogens is 2. The van der Waals surface area contributed by atoms with Crippen molar-refractivity contribution < 1.29 is 4.39 Å². The zero-order chi connectivity index (χ0) is 15.0. The highest BCUT2D eigenvalue weighted by atomic mass is 35.5. The first-order chi connectivity index (χ1) is 10.1. The summed E-state index contributed by atoms with van der Waals surface area (Å²) in [6, 6.07) is 11.3. The minimum atomic E-state index is -0.385. The Balaban J connectivity index is 2.15. The number of nitrogen functional groups attached to an aromatic ring is 1. The molecule has 2 aromatic carbocycles. The summed E-state index contributed by atoms with van der Waals surface area (Å²) in [7, 11) is 0. The van der Waals surface area contributed by atoms with Gasteiger partial charge in [-0.15, -0.1) is 0 Å². The van der Waals surface area contributed by atoms with Crippen LogP contribution in [0.25, 0.3) is 16.9 Å². The van der Waals surface area contributed by atoms with Crippen LogP contribution in [0.3, 0.4) is 0 Å². The number of nitrogens with zero attached hydrogens (tertiary/aromatic N) is 2. The van der Waals surface area contributed by atoms with Crippen LogP contribution in [0.2, 0.25) is 10.0 Å². The minimum Gasteiger partial charge on any atom is -0.396 e. The van der Waals surface area contributed by atoms with E-state index >= 15 is 0 Å². The summed E-state index contributed by atoms with van der Waals surface area (Å²) in [5.74, 6) is -0.385. The van der Waals surface area contributed by atoms with Gasteiger partial charge in [-0.3, -0.25) is 0 Å². The molecule has 0 saturated carbocycles. The van der Waals surface area contributed by atoms with Crippen molar-refractivity contribution in [1.29, 1.82) is 0 Å². The number of halogens is 3. The number of rotatable bonds is 2. The fourth-order valence-corrected chi connectivity index (χ4v) is 2.42. The third-order valence-electron chi connectivity index (χ3n) is 3.03. The first-order valence-corrected chi connectivity index (χ1v) is 6.87. The lowest BCUT2D eigenvalue weighted by atomic mass is 10.1. The third kappa shape index (κ3) is 2.60. The fourth-order valence-electron chi connectivity index (χ4n) is 2.04. The van der Waals surface area contributed by atoms with Gasteiger partial charge in [-0.2, -0.15) is 5.10 Å². The molecular weight excluding hydrogens is 312 g/mol. The summed E-state index contributed by atoms with van der Waals surface area (Å²) in [6.07, 6.45) is 1.55. The smallest absolute Gasteiger partial charge is 0.148 e. The lowest BCUT2D eigenvalue weighted by Gasteiger charge is -2.03. The van der Waals surface area contributed by atoms with E-state index in [-0.39, 0.29) is 5.82 Å². The van der Waals surface area contributed by atoms with Gasteiger partial charge in [0.25, 0.3) is 0 Å². The van der Waals surface area contributed by atoms with Gasteiger partial charge in [0.15, 0.2) is 0 Å². The van der Waals surface area contributed by atoms with Gasteiger partial charge in [-0.25, -0.2) is 9.07 Å². The van der Waals surface area contributed by atoms with Crippen molar-refractivity contribution in [2.75, 3.05) is 5.73 Å². The second-order valence-electron chi connectivity index (χ2n) is 4.45. The summed E-state index contributed by atoms with van der Waals surface area (Å²) >= 11 is 12.1. The van der Waals surface area contributed by atoms with Crippen LogP contribution in [0.4, 0.5) is 10.1 Å². The lowest BCUT2D eigenvalue weighted by molar-refractivity contribution is 0.611. The van der Waals surface area contributed by atoms with Crippen molar-refractivity contribution in [3.05, 3.63) is 64.5 Å². The molecule has 0 spiro atoms. The summed E-state index contributed by atoms with van der Waals surface area (Å²) < 4.78 is 15.2. The zero-order valence-electron chi connectivity index (χ0n) is 10.7. The Morgan fingerprint density at radius 2 is 1.86 bits per heavy atom. The highest BCUT2D eigenvalue weighted by Gasteiger charge is 2.14. The second-order valence-corrected chi connectivity index (χ2v) is 5.30. The number of benzene rings is 2. The minimum absolute atomic E-state index is 0.314. The fraction of sp³-hybridized carbons (Fsp3) is 0. The maximum Gasteiger partial charge on any atom is 0.148 e. The molecule has 3 aromatic rings. The van der Waals surface area contributed by atoms with Crippen molar-refractivity contribution in [3.8, 4) is 16.9 Å². The molecule has 2 N–H and O–H groups in total. The number of para-hydroxylation sites is 1. The number of hydrogen-bond donors (Lipinski definition) is 1. The highest BCUT2D eigenvalue weighted by Crippen LogP contribution is 2.33. The van der Waals surface area contributed by atoms with Crippen molar-refractivity contribution in [3.63, 3.8) is 0 Å². The van der Waals surface area contributed by atoms with Crippen LogP contribution in [0.1, 0.15) is 0 Å². The Labute approximate surface area is 130 Å². The predicted molar refractivity (Wildman–Crippen MR) is 83.4 cm³/mol. The summed E-state index contributed by atoms with van der Waals surface area (Å²) in [5.41, 5.74) is 7.75. The second kappa shape index (κ2) is 5.39. The van der Waals surface area contributed by atoms with E-state index in [0.29, 0.717) is 32.7 Å². The van der Waals surface area contributed by atoms with Crippen LogP contribution >= 0.6 is 23.2 Å². The van der Waals surface area contributed by atoms with Gasteiger partial charge >= 0.3 is 0 Å². The molecule has 0 aliphatic rings. The molecule has 106 valence electrons. The molecule has 0 radical (unpaired) electrons. The number of nitrogens with two attached hydrogens (primary N) is 1. The summed E-state index contributed by atoms with van der Waals surface area (Å²) in [6.45, 7) is 0. The standard InChI is InChI=1S/C15H10Cl2FN3/c16-9-5-6-11(17)10(7-9)15-13(19)8-21(20-15)14-4-2-1-3-12(14)18/h1-8H,19H2. The van der Waals surface area contributed by atoms with E-state index in [4.69, 9.17) is 28.9 Å². The van der Waals surface area contributed by atoms with Gasteiger partial charge < -0.3 is 5.73 Å². The topological polar surface area (TPSA) is 43.8 Å². The van der Waals surface area contributed by atoms with Crippen LogP contribution in [-0.4, -0.2) is 9.78 Å². The van der Waals surface area contributed by atoms with Crippen LogP contribution in [0.15, 0.2) is 48.7 Å². The van der Waals surface area contributed by atoms with E-state index in [9.17, 15) is 4.39 Å². The molecule has 6 heteroatoms. The van der Waals surface area contributed by atoms with Crippen LogP contribution in [0, 0.1) is 5.82 Å². The van der Waals surface area contributed by atoms with E-state index < -0.39 is 0 Å². The van der Waals surface area contributed by atoms with Crippen LogP contribution in [-0.2, 0) is 0 Å². The molecule has 1 aromatic heterocycles. The summed E-state index contributed by atoms with van der Waals surface area (Å²) in [5, 5.41) is 5.32. The first kappa shape index (κ1) is 13.9. The Kier molecular flexibility index (Phi) is 3.57. The molecule has 21 heavy (non-hydrogen) atoms. The molecule has 0 fully saturated rings. The van der Waals surface area contributed by atoms with Crippen molar-refractivity contribution in [1.82, 2.24) is 9.78 Å². The third-order valence-corrected chi connectivity index (χ3v) is 3.59. The molecule has 3 rings (SSSR count). The molecule has 0 aliphatic carbocycles. The lowest BCUT2D eigenvalue weighted by Crippen LogP contribution is -1.98. The monoisotopic (exact) mass is 321 g/mol. The van der Waals surface area contributed by atoms with Gasteiger partial charge in [0.05, 0.1) is 16.9 Å². The Morgan fingerprint density at radius 3 is 2.62 bits per heavy atom. The Morgan fingerprint density at radius 1 is 1.10 bits per heavy atom. The normalized spacial score (nSPS) is 10.8. The van der Waals surface area contributed by atoms with E-state index in [1.54, 1.807) is 42.6 Å². The van der Waals surface area contributed by atoms with Crippen LogP contribution < -0.4 is 5.73 Å². The van der Waals surface area contributed by atoms with Gasteiger partial charge in [0, 0.05) is 10.6 Å². The molecule has 3 nitrogen and oxygen atoms in total. The summed E-state index contributed by atoms with van der Waals surface area (Å²) in [4.78, 5) is 0. The van der Waals surface area contributed by atoms with E-state index in [2.05, 4.69) is 5.10 Å². The molecule has 0 unspecified atom stereocenters. The molecule has 0 bridgehead atoms. The predicted octanol–water partition coefficient (Wildman–Crippen LogP) is 4.57. The molecule has 0 saturated heterocycles. The molecule has 0 atom stereocenters. The van der Waals surface area contributed by atoms with Crippen LogP contribution in [0.5, 0.6) is 0 Å². The van der Waals surface area contributed by atoms with Gasteiger partial charge in [0.2, 0.25) is 0 Å². The molecule has 1 heterocycles.